The van der Waals surface area contributed by atoms with Gasteiger partial charge in [0, 0.05) is 19.6 Å². The molecule has 0 radical (unpaired) electrons. The molecule has 1 aliphatic rings. The Labute approximate surface area is 124 Å². The fourth-order valence-electron chi connectivity index (χ4n) is 2.47. The zero-order valence-corrected chi connectivity index (χ0v) is 12.9. The Hall–Kier alpha value is -1.92. The van der Waals surface area contributed by atoms with E-state index >= 15 is 0 Å². The lowest BCUT2D eigenvalue weighted by Crippen LogP contribution is -2.38. The first-order chi connectivity index (χ1) is 9.94. The zero-order chi connectivity index (χ0) is 15.5. The molecule has 0 saturated carbocycles. The van der Waals surface area contributed by atoms with Crippen molar-refractivity contribution in [2.75, 3.05) is 29.9 Å². The van der Waals surface area contributed by atoms with Gasteiger partial charge in [0.2, 0.25) is 11.6 Å². The predicted octanol–water partition coefficient (Wildman–Crippen LogP) is 2.83. The Morgan fingerprint density at radius 1 is 1.38 bits per heavy atom. The molecule has 0 bridgehead atoms. The van der Waals surface area contributed by atoms with Crippen LogP contribution in [-0.2, 0) is 0 Å². The maximum Gasteiger partial charge on any atom is 0.353 e. The normalized spacial score (nSPS) is 17.6. The summed E-state index contributed by atoms with van der Waals surface area (Å²) >= 11 is 0. The van der Waals surface area contributed by atoms with Crippen molar-refractivity contribution >= 4 is 17.3 Å². The van der Waals surface area contributed by atoms with Crippen molar-refractivity contribution in [3.63, 3.8) is 0 Å². The molecule has 0 spiro atoms. The van der Waals surface area contributed by atoms with Gasteiger partial charge in [0.05, 0.1) is 4.92 Å². The van der Waals surface area contributed by atoms with E-state index in [1.54, 1.807) is 0 Å². The van der Waals surface area contributed by atoms with Gasteiger partial charge in [-0.25, -0.2) is 9.97 Å². The molecule has 1 aliphatic heterocycles. The average Bonchev–Trinajstić information content (AvgIpc) is 2.44. The summed E-state index contributed by atoms with van der Waals surface area (Å²) in [6.45, 7) is 8.70. The van der Waals surface area contributed by atoms with Gasteiger partial charge in [-0.1, -0.05) is 20.8 Å². The maximum atomic E-state index is 11.4. The first-order valence-electron chi connectivity index (χ1n) is 7.43. The number of rotatable bonds is 5. The molecule has 0 amide bonds. The van der Waals surface area contributed by atoms with Crippen LogP contribution in [0.3, 0.4) is 0 Å². The van der Waals surface area contributed by atoms with Crippen LogP contribution < -0.4 is 10.2 Å². The summed E-state index contributed by atoms with van der Waals surface area (Å²) in [5.41, 5.74) is 0.285. The van der Waals surface area contributed by atoms with Crippen LogP contribution >= 0.6 is 0 Å². The third kappa shape index (κ3) is 3.59. The Morgan fingerprint density at radius 3 is 2.62 bits per heavy atom. The molecule has 0 unspecified atom stereocenters. The van der Waals surface area contributed by atoms with Crippen LogP contribution in [0.2, 0.25) is 0 Å². The molecule has 1 saturated heterocycles. The fourth-order valence-corrected chi connectivity index (χ4v) is 2.47. The van der Waals surface area contributed by atoms with Gasteiger partial charge in [-0.2, -0.15) is 0 Å². The van der Waals surface area contributed by atoms with Gasteiger partial charge in [0.1, 0.15) is 6.33 Å². The number of anilines is 2. The SMILES string of the molecule is CCCNc1ncnc(N2CCC(C)(C)CC2)c1[N+](=O)[O-]. The van der Waals surface area contributed by atoms with E-state index in [0.29, 0.717) is 23.6 Å². The van der Waals surface area contributed by atoms with Gasteiger partial charge in [0.25, 0.3) is 0 Å². The van der Waals surface area contributed by atoms with Crippen molar-refractivity contribution in [1.82, 2.24) is 9.97 Å². The van der Waals surface area contributed by atoms with Crippen LogP contribution in [-0.4, -0.2) is 34.5 Å². The first kappa shape index (κ1) is 15.5. The van der Waals surface area contributed by atoms with Gasteiger partial charge < -0.3 is 10.2 Å². The molecule has 1 fully saturated rings. The quantitative estimate of drug-likeness (QED) is 0.664. The van der Waals surface area contributed by atoms with Crippen molar-refractivity contribution in [2.45, 2.75) is 40.0 Å². The van der Waals surface area contributed by atoms with E-state index in [0.717, 1.165) is 32.4 Å². The van der Waals surface area contributed by atoms with Gasteiger partial charge in [-0.3, -0.25) is 10.1 Å². The topological polar surface area (TPSA) is 84.2 Å². The molecule has 7 heteroatoms. The van der Waals surface area contributed by atoms with Crippen LogP contribution in [0.5, 0.6) is 0 Å². The van der Waals surface area contributed by atoms with E-state index in [9.17, 15) is 10.1 Å². The number of nitrogens with one attached hydrogen (secondary N) is 1. The predicted molar refractivity (Wildman–Crippen MR) is 82.7 cm³/mol. The largest absolute Gasteiger partial charge is 0.364 e. The highest BCUT2D eigenvalue weighted by Gasteiger charge is 2.31. The maximum absolute atomic E-state index is 11.4. The van der Waals surface area contributed by atoms with Gasteiger partial charge in [0.15, 0.2) is 0 Å². The highest BCUT2D eigenvalue weighted by molar-refractivity contribution is 5.70. The summed E-state index contributed by atoms with van der Waals surface area (Å²) in [4.78, 5) is 21.3. The summed E-state index contributed by atoms with van der Waals surface area (Å²) in [5, 5.41) is 14.5. The smallest absolute Gasteiger partial charge is 0.353 e. The lowest BCUT2D eigenvalue weighted by atomic mass is 9.83. The Bertz CT molecular complexity index is 508. The van der Waals surface area contributed by atoms with Crippen LogP contribution in [0.1, 0.15) is 40.0 Å². The van der Waals surface area contributed by atoms with Crippen LogP contribution in [0.25, 0.3) is 0 Å². The number of nitro groups is 1. The standard InChI is InChI=1S/C14H23N5O2/c1-4-7-15-12-11(19(20)21)13(17-10-16-12)18-8-5-14(2,3)6-9-18/h10H,4-9H2,1-3H3,(H,15,16,17). The minimum Gasteiger partial charge on any atom is -0.364 e. The molecule has 2 rings (SSSR count). The van der Waals surface area contributed by atoms with E-state index in [4.69, 9.17) is 0 Å². The molecule has 1 aromatic heterocycles. The second-order valence-corrected chi connectivity index (χ2v) is 6.23. The van der Waals surface area contributed by atoms with Crippen LogP contribution in [0, 0.1) is 15.5 Å². The number of aromatic nitrogens is 2. The summed E-state index contributed by atoms with van der Waals surface area (Å²) in [5.74, 6) is 0.751. The highest BCUT2D eigenvalue weighted by atomic mass is 16.6. The molecule has 1 N–H and O–H groups in total. The highest BCUT2D eigenvalue weighted by Crippen LogP contribution is 2.37. The Morgan fingerprint density at radius 2 is 2.05 bits per heavy atom. The number of hydrogen-bond donors (Lipinski definition) is 1. The van der Waals surface area contributed by atoms with Gasteiger partial charge in [-0.15, -0.1) is 0 Å². The molecule has 0 aromatic carbocycles. The number of piperidine rings is 1. The second kappa shape index (κ2) is 6.24. The lowest BCUT2D eigenvalue weighted by Gasteiger charge is -2.37. The van der Waals surface area contributed by atoms with Crippen molar-refractivity contribution in [2.24, 2.45) is 5.41 Å². The third-order valence-electron chi connectivity index (χ3n) is 3.94. The van der Waals surface area contributed by atoms with Crippen molar-refractivity contribution in [1.29, 1.82) is 0 Å². The van der Waals surface area contributed by atoms with E-state index in [-0.39, 0.29) is 10.6 Å². The van der Waals surface area contributed by atoms with E-state index in [2.05, 4.69) is 29.1 Å². The average molecular weight is 293 g/mol. The Kier molecular flexibility index (Phi) is 4.59. The molecule has 1 aromatic rings. The van der Waals surface area contributed by atoms with Crippen molar-refractivity contribution < 1.29 is 4.92 Å². The third-order valence-corrected chi connectivity index (χ3v) is 3.94. The number of hydrogen-bond acceptors (Lipinski definition) is 6. The molecular weight excluding hydrogens is 270 g/mol. The van der Waals surface area contributed by atoms with Gasteiger partial charge in [-0.05, 0) is 24.7 Å². The van der Waals surface area contributed by atoms with E-state index < -0.39 is 0 Å². The van der Waals surface area contributed by atoms with E-state index in [1.165, 1.54) is 6.33 Å². The van der Waals surface area contributed by atoms with Crippen LogP contribution in [0.4, 0.5) is 17.3 Å². The molecule has 0 atom stereocenters. The minimum atomic E-state index is -0.382. The lowest BCUT2D eigenvalue weighted by molar-refractivity contribution is -0.383. The molecule has 21 heavy (non-hydrogen) atoms. The summed E-state index contributed by atoms with van der Waals surface area (Å²) in [6, 6.07) is 0. The molecule has 7 nitrogen and oxygen atoms in total. The fraction of sp³-hybridized carbons (Fsp3) is 0.714. The van der Waals surface area contributed by atoms with Crippen molar-refractivity contribution in [3.8, 4) is 0 Å². The van der Waals surface area contributed by atoms with Crippen molar-refractivity contribution in [3.05, 3.63) is 16.4 Å². The molecule has 116 valence electrons. The Balaban J connectivity index is 2.28. The van der Waals surface area contributed by atoms with Crippen LogP contribution in [0.15, 0.2) is 6.33 Å². The molecule has 2 heterocycles. The summed E-state index contributed by atoms with van der Waals surface area (Å²) in [7, 11) is 0. The monoisotopic (exact) mass is 293 g/mol. The summed E-state index contributed by atoms with van der Waals surface area (Å²) < 4.78 is 0. The summed E-state index contributed by atoms with van der Waals surface area (Å²) in [6.07, 6.45) is 4.30. The van der Waals surface area contributed by atoms with E-state index in [1.807, 2.05) is 11.8 Å². The van der Waals surface area contributed by atoms with Gasteiger partial charge >= 0.3 is 5.69 Å². The molecule has 0 aliphatic carbocycles. The number of nitrogens with zero attached hydrogens (tertiary/aromatic N) is 4. The minimum absolute atomic E-state index is 0.00865. The second-order valence-electron chi connectivity index (χ2n) is 6.23. The first-order valence-corrected chi connectivity index (χ1v) is 7.43. The zero-order valence-electron chi connectivity index (χ0n) is 12.9. The molecular formula is C14H23N5O2.